The predicted molar refractivity (Wildman–Crippen MR) is 150 cm³/mol. The number of aliphatic carboxylic acids is 1. The molecule has 1 aliphatic rings. The second kappa shape index (κ2) is 9.87. The Labute approximate surface area is 220 Å². The van der Waals surface area contributed by atoms with E-state index >= 15 is 0 Å². The third kappa shape index (κ3) is 4.28. The van der Waals surface area contributed by atoms with Crippen molar-refractivity contribution < 1.29 is 19.2 Å². The van der Waals surface area contributed by atoms with Gasteiger partial charge in [-0.15, -0.1) is 0 Å². The summed E-state index contributed by atoms with van der Waals surface area (Å²) in [4.78, 5) is 17.8. The number of hydrogen-bond donors (Lipinski definition) is 1. The highest BCUT2D eigenvalue weighted by Crippen LogP contribution is 2.42. The van der Waals surface area contributed by atoms with Gasteiger partial charge in [-0.2, -0.15) is 0 Å². The average Bonchev–Trinajstić information content (AvgIpc) is 3.35. The highest BCUT2D eigenvalue weighted by molar-refractivity contribution is 6.42. The monoisotopic (exact) mass is 499 g/mol. The molecule has 38 heavy (non-hydrogen) atoms. The Morgan fingerprint density at radius 1 is 0.868 bits per heavy atom. The summed E-state index contributed by atoms with van der Waals surface area (Å²) >= 11 is 0. The summed E-state index contributed by atoms with van der Waals surface area (Å²) in [6.45, 7) is 0.141. The van der Waals surface area contributed by atoms with E-state index in [1.54, 1.807) is 24.3 Å². The van der Waals surface area contributed by atoms with Crippen LogP contribution in [-0.4, -0.2) is 23.4 Å². The number of para-hydroxylation sites is 2. The molecule has 0 saturated heterocycles. The van der Waals surface area contributed by atoms with E-state index < -0.39 is 11.4 Å². The van der Waals surface area contributed by atoms with Crippen LogP contribution < -0.4 is 0 Å². The molecule has 0 saturated carbocycles. The van der Waals surface area contributed by atoms with E-state index in [2.05, 4.69) is 53.7 Å². The minimum Gasteiger partial charge on any atom is -0.476 e. The quantitative estimate of drug-likeness (QED) is 0.187. The largest absolute Gasteiger partial charge is 0.476 e. The van der Waals surface area contributed by atoms with E-state index in [9.17, 15) is 9.90 Å². The lowest BCUT2D eigenvalue weighted by Crippen LogP contribution is -2.31. The minimum atomic E-state index is -1.14. The Morgan fingerprint density at radius 3 is 2.32 bits per heavy atom. The molecule has 0 spiro atoms. The molecular formula is C33H25NO4. The third-order valence-electron chi connectivity index (χ3n) is 7.04. The van der Waals surface area contributed by atoms with E-state index in [4.69, 9.17) is 9.25 Å². The molecule has 5 heteroatoms. The third-order valence-corrected chi connectivity index (χ3v) is 7.04. The lowest BCUT2D eigenvalue weighted by molar-refractivity contribution is -0.129. The van der Waals surface area contributed by atoms with Gasteiger partial charge in [-0.05, 0) is 23.6 Å². The molecule has 0 fully saturated rings. The number of benzene rings is 4. The normalized spacial score (nSPS) is 17.5. The van der Waals surface area contributed by atoms with Crippen LogP contribution in [-0.2, 0) is 15.0 Å². The van der Waals surface area contributed by atoms with E-state index in [0.29, 0.717) is 12.0 Å². The molecule has 0 aliphatic heterocycles. The summed E-state index contributed by atoms with van der Waals surface area (Å²) < 4.78 is 6.37. The van der Waals surface area contributed by atoms with Crippen molar-refractivity contribution in [1.29, 1.82) is 0 Å². The standard InChI is InChI=1S/C33H25NO4/c35-32(36)30(25-12-5-2-6-13-25)34-37-22-33(20-18-24(19-21-33)23-10-3-1-4-11-23)28-16-9-15-27-26-14-7-8-17-29(26)38-31(27)28/h1-20H,21-22H2,(H,35,36). The van der Waals surface area contributed by atoms with Crippen LogP contribution in [0, 0.1) is 0 Å². The van der Waals surface area contributed by atoms with E-state index in [-0.39, 0.29) is 12.3 Å². The second-order valence-electron chi connectivity index (χ2n) is 9.38. The van der Waals surface area contributed by atoms with Gasteiger partial charge in [0, 0.05) is 21.9 Å². The van der Waals surface area contributed by atoms with Gasteiger partial charge in [0.2, 0.25) is 0 Å². The van der Waals surface area contributed by atoms with Gasteiger partial charge in [0.1, 0.15) is 17.8 Å². The summed E-state index contributed by atoms with van der Waals surface area (Å²) in [7, 11) is 0. The summed E-state index contributed by atoms with van der Waals surface area (Å²) in [5.74, 6) is -1.14. The van der Waals surface area contributed by atoms with Gasteiger partial charge in [-0.3, -0.25) is 0 Å². The number of hydrogen-bond acceptors (Lipinski definition) is 4. The maximum absolute atomic E-state index is 12.0. The number of oxime groups is 1. The van der Waals surface area contributed by atoms with Crippen LogP contribution in [0.1, 0.15) is 23.1 Å². The molecule has 1 N–H and O–H groups in total. The Kier molecular flexibility index (Phi) is 6.10. The van der Waals surface area contributed by atoms with Crippen molar-refractivity contribution in [1.82, 2.24) is 0 Å². The molecule has 1 heterocycles. The molecule has 1 unspecified atom stereocenters. The summed E-state index contributed by atoms with van der Waals surface area (Å²) in [6, 6.07) is 33.1. The molecule has 6 rings (SSSR count). The first kappa shape index (κ1) is 23.5. The average molecular weight is 500 g/mol. The topological polar surface area (TPSA) is 72.0 Å². The molecule has 1 aromatic heterocycles. The van der Waals surface area contributed by atoms with Crippen LogP contribution in [0.15, 0.2) is 131 Å². The fraction of sp³-hybridized carbons (Fsp3) is 0.0909. The van der Waals surface area contributed by atoms with Crippen LogP contribution >= 0.6 is 0 Å². The molecular weight excluding hydrogens is 474 g/mol. The number of nitrogens with zero attached hydrogens (tertiary/aromatic N) is 1. The molecule has 186 valence electrons. The zero-order valence-electron chi connectivity index (χ0n) is 20.6. The number of fused-ring (bicyclic) bond motifs is 3. The number of furan rings is 1. The van der Waals surface area contributed by atoms with E-state index in [1.807, 2.05) is 48.5 Å². The van der Waals surface area contributed by atoms with Gasteiger partial charge in [0.15, 0.2) is 5.71 Å². The van der Waals surface area contributed by atoms with Crippen molar-refractivity contribution >= 4 is 39.2 Å². The Bertz CT molecular complexity index is 1710. The van der Waals surface area contributed by atoms with Gasteiger partial charge < -0.3 is 14.4 Å². The molecule has 4 aromatic carbocycles. The lowest BCUT2D eigenvalue weighted by atomic mass is 9.74. The maximum Gasteiger partial charge on any atom is 0.358 e. The van der Waals surface area contributed by atoms with E-state index in [0.717, 1.165) is 38.6 Å². The highest BCUT2D eigenvalue weighted by atomic mass is 16.6. The number of rotatable bonds is 7. The van der Waals surface area contributed by atoms with Crippen molar-refractivity contribution in [2.45, 2.75) is 11.8 Å². The summed E-state index contributed by atoms with van der Waals surface area (Å²) in [5, 5.41) is 16.0. The number of carboxylic acid groups (broad SMARTS) is 1. The molecule has 1 atom stereocenters. The fourth-order valence-electron chi connectivity index (χ4n) is 5.07. The Hall–Kier alpha value is -4.90. The van der Waals surface area contributed by atoms with Crippen molar-refractivity contribution in [2.24, 2.45) is 5.16 Å². The van der Waals surface area contributed by atoms with Gasteiger partial charge in [-0.1, -0.05) is 120 Å². The number of carboxylic acids is 1. The van der Waals surface area contributed by atoms with Gasteiger partial charge in [-0.25, -0.2) is 4.79 Å². The van der Waals surface area contributed by atoms with Crippen LogP contribution in [0.3, 0.4) is 0 Å². The SMILES string of the molecule is O=C(O)C(=NOCC1(c2cccc3c2oc2ccccc23)C=CC(c2ccccc2)=CC1)c1ccccc1. The van der Waals surface area contributed by atoms with Crippen molar-refractivity contribution in [3.63, 3.8) is 0 Å². The van der Waals surface area contributed by atoms with Crippen LogP contribution in [0.5, 0.6) is 0 Å². The van der Waals surface area contributed by atoms with Crippen LogP contribution in [0.25, 0.3) is 27.5 Å². The van der Waals surface area contributed by atoms with Crippen molar-refractivity contribution in [2.75, 3.05) is 6.61 Å². The molecule has 0 bridgehead atoms. The van der Waals surface area contributed by atoms with Gasteiger partial charge >= 0.3 is 5.97 Å². The first-order valence-corrected chi connectivity index (χ1v) is 12.5. The molecule has 5 aromatic rings. The van der Waals surface area contributed by atoms with Gasteiger partial charge in [0.25, 0.3) is 0 Å². The smallest absolute Gasteiger partial charge is 0.358 e. The van der Waals surface area contributed by atoms with E-state index in [1.165, 1.54) is 0 Å². The Morgan fingerprint density at radius 2 is 1.58 bits per heavy atom. The fourth-order valence-corrected chi connectivity index (χ4v) is 5.07. The van der Waals surface area contributed by atoms with Gasteiger partial charge in [0.05, 0.1) is 5.41 Å². The zero-order valence-corrected chi connectivity index (χ0v) is 20.6. The first-order chi connectivity index (χ1) is 18.6. The number of carbonyl (C=O) groups is 1. The molecule has 0 amide bonds. The summed E-state index contributed by atoms with van der Waals surface area (Å²) in [5.41, 5.74) is 4.58. The highest BCUT2D eigenvalue weighted by Gasteiger charge is 2.35. The zero-order chi connectivity index (χ0) is 26.0. The van der Waals surface area contributed by atoms with Crippen molar-refractivity contribution in [3.8, 4) is 0 Å². The molecule has 1 aliphatic carbocycles. The number of allylic oxidation sites excluding steroid dienone is 3. The van der Waals surface area contributed by atoms with Crippen LogP contribution in [0.4, 0.5) is 0 Å². The first-order valence-electron chi connectivity index (χ1n) is 12.5. The predicted octanol–water partition coefficient (Wildman–Crippen LogP) is 7.37. The summed E-state index contributed by atoms with van der Waals surface area (Å²) in [6.07, 6.45) is 7.06. The van der Waals surface area contributed by atoms with Crippen LogP contribution in [0.2, 0.25) is 0 Å². The second-order valence-corrected chi connectivity index (χ2v) is 9.38. The molecule has 0 radical (unpaired) electrons. The molecule has 5 nitrogen and oxygen atoms in total. The Balaban J connectivity index is 1.42. The maximum atomic E-state index is 12.0. The van der Waals surface area contributed by atoms with Crippen molar-refractivity contribution in [3.05, 3.63) is 138 Å². The minimum absolute atomic E-state index is 0.136. The lowest BCUT2D eigenvalue weighted by Gasteiger charge is -2.32.